The topological polar surface area (TPSA) is 84.1 Å². The Morgan fingerprint density at radius 3 is 2.54 bits per heavy atom. The predicted molar refractivity (Wildman–Crippen MR) is 109 cm³/mol. The summed E-state index contributed by atoms with van der Waals surface area (Å²) in [7, 11) is 1.34. The summed E-state index contributed by atoms with van der Waals surface area (Å²) in [6, 6.07) is 16.9. The molecule has 6 nitrogen and oxygen atoms in total. The molecule has 0 aliphatic rings. The van der Waals surface area contributed by atoms with Gasteiger partial charge in [-0.1, -0.05) is 54.2 Å². The summed E-state index contributed by atoms with van der Waals surface area (Å²) in [6.45, 7) is 2.23. The van der Waals surface area contributed by atoms with Gasteiger partial charge in [0.1, 0.15) is 0 Å². The van der Waals surface area contributed by atoms with Crippen LogP contribution < -0.4 is 5.32 Å². The van der Waals surface area contributed by atoms with Gasteiger partial charge in [0.2, 0.25) is 5.91 Å². The number of hydrogen-bond donors (Lipinski definition) is 2. The molecule has 1 atom stereocenters. The number of amides is 1. The van der Waals surface area contributed by atoms with Crippen molar-refractivity contribution in [2.24, 2.45) is 0 Å². The largest absolute Gasteiger partial charge is 0.465 e. The number of esters is 1. The van der Waals surface area contributed by atoms with Crippen LogP contribution >= 0.6 is 11.8 Å². The summed E-state index contributed by atoms with van der Waals surface area (Å²) in [6.07, 6.45) is 1.77. The maximum atomic E-state index is 12.4. The number of rotatable bonds is 7. The fourth-order valence-corrected chi connectivity index (χ4v) is 3.37. The van der Waals surface area contributed by atoms with E-state index in [-0.39, 0.29) is 17.1 Å². The Bertz CT molecular complexity index is 939. The van der Waals surface area contributed by atoms with E-state index in [1.807, 2.05) is 37.3 Å². The molecule has 1 aromatic heterocycles. The summed E-state index contributed by atoms with van der Waals surface area (Å²) >= 11 is 1.37. The number of hydrogen-bond acceptors (Lipinski definition) is 5. The molecule has 2 aromatic carbocycles. The van der Waals surface area contributed by atoms with Gasteiger partial charge in [-0.25, -0.2) is 9.78 Å². The minimum absolute atomic E-state index is 0.0836. The van der Waals surface area contributed by atoms with E-state index in [9.17, 15) is 9.59 Å². The zero-order chi connectivity index (χ0) is 19.9. The summed E-state index contributed by atoms with van der Waals surface area (Å²) in [5, 5.41) is 3.30. The number of H-pyrrole nitrogens is 1. The van der Waals surface area contributed by atoms with Crippen LogP contribution in [0, 0.1) is 0 Å². The van der Waals surface area contributed by atoms with Crippen LogP contribution in [0.4, 0.5) is 0 Å². The second-order valence-corrected chi connectivity index (χ2v) is 7.46. The molecule has 0 bridgehead atoms. The lowest BCUT2D eigenvalue weighted by molar-refractivity contribution is -0.120. The lowest BCUT2D eigenvalue weighted by atomic mass is 10.1. The normalized spacial score (nSPS) is 11.6. The fourth-order valence-electron chi connectivity index (χ4n) is 2.56. The fraction of sp³-hybridized carbons (Fsp3) is 0.190. The van der Waals surface area contributed by atoms with Crippen molar-refractivity contribution in [1.29, 1.82) is 0 Å². The van der Waals surface area contributed by atoms with Crippen LogP contribution in [-0.2, 0) is 16.1 Å². The molecule has 0 saturated heterocycles. The Kier molecular flexibility index (Phi) is 6.49. The highest BCUT2D eigenvalue weighted by Crippen LogP contribution is 2.24. The number of nitrogens with zero attached hydrogens (tertiary/aromatic N) is 1. The molecule has 3 aromatic rings. The minimum atomic E-state index is -0.381. The van der Waals surface area contributed by atoms with Gasteiger partial charge in [-0.05, 0) is 30.2 Å². The van der Waals surface area contributed by atoms with Crippen LogP contribution in [0.15, 0.2) is 66.0 Å². The van der Waals surface area contributed by atoms with E-state index in [1.54, 1.807) is 30.5 Å². The molecule has 28 heavy (non-hydrogen) atoms. The van der Waals surface area contributed by atoms with Gasteiger partial charge in [0.15, 0.2) is 5.16 Å². The molecule has 0 spiro atoms. The maximum absolute atomic E-state index is 12.4. The van der Waals surface area contributed by atoms with E-state index in [4.69, 9.17) is 0 Å². The van der Waals surface area contributed by atoms with Crippen molar-refractivity contribution in [2.75, 3.05) is 7.11 Å². The third kappa shape index (κ3) is 5.01. The average Bonchev–Trinajstić information content (AvgIpc) is 3.21. The second-order valence-electron chi connectivity index (χ2n) is 6.13. The van der Waals surface area contributed by atoms with Crippen molar-refractivity contribution < 1.29 is 14.3 Å². The number of nitrogens with one attached hydrogen (secondary N) is 2. The Labute approximate surface area is 167 Å². The maximum Gasteiger partial charge on any atom is 0.337 e. The molecule has 3 rings (SSSR count). The summed E-state index contributed by atoms with van der Waals surface area (Å²) in [5.74, 6) is -0.464. The monoisotopic (exact) mass is 395 g/mol. The molecule has 1 amide bonds. The number of benzene rings is 2. The van der Waals surface area contributed by atoms with Gasteiger partial charge in [-0.3, -0.25) is 4.79 Å². The zero-order valence-electron chi connectivity index (χ0n) is 15.6. The molecule has 2 N–H and O–H groups in total. The summed E-state index contributed by atoms with van der Waals surface area (Å²) < 4.78 is 4.67. The zero-order valence-corrected chi connectivity index (χ0v) is 16.5. The van der Waals surface area contributed by atoms with Crippen molar-refractivity contribution in [2.45, 2.75) is 23.9 Å². The third-order valence-electron chi connectivity index (χ3n) is 4.14. The van der Waals surface area contributed by atoms with Crippen LogP contribution in [0.5, 0.6) is 0 Å². The Morgan fingerprint density at radius 2 is 1.86 bits per heavy atom. The number of imidazole rings is 1. The molecular formula is C21H21N3O3S. The molecule has 7 heteroatoms. The summed E-state index contributed by atoms with van der Waals surface area (Å²) in [5.41, 5.74) is 3.35. The Morgan fingerprint density at radius 1 is 1.14 bits per heavy atom. The smallest absolute Gasteiger partial charge is 0.337 e. The van der Waals surface area contributed by atoms with Gasteiger partial charge in [0.25, 0.3) is 0 Å². The third-order valence-corrected chi connectivity index (χ3v) is 5.14. The highest BCUT2D eigenvalue weighted by atomic mass is 32.2. The molecule has 1 heterocycles. The average molecular weight is 395 g/mol. The molecule has 0 radical (unpaired) electrons. The van der Waals surface area contributed by atoms with E-state index in [0.29, 0.717) is 17.3 Å². The van der Waals surface area contributed by atoms with Crippen LogP contribution in [0.1, 0.15) is 22.8 Å². The number of aromatic amines is 1. The lowest BCUT2D eigenvalue weighted by Crippen LogP contribution is -2.30. The number of ether oxygens (including phenoxy) is 1. The van der Waals surface area contributed by atoms with E-state index in [2.05, 4.69) is 20.0 Å². The van der Waals surface area contributed by atoms with Gasteiger partial charge in [0, 0.05) is 6.54 Å². The van der Waals surface area contributed by atoms with E-state index < -0.39 is 0 Å². The van der Waals surface area contributed by atoms with Crippen molar-refractivity contribution in [3.05, 3.63) is 71.9 Å². The van der Waals surface area contributed by atoms with E-state index >= 15 is 0 Å². The second kappa shape index (κ2) is 9.23. The van der Waals surface area contributed by atoms with Crippen LogP contribution in [0.2, 0.25) is 0 Å². The highest BCUT2D eigenvalue weighted by molar-refractivity contribution is 8.00. The lowest BCUT2D eigenvalue weighted by Gasteiger charge is -2.11. The predicted octanol–water partition coefficient (Wildman–Crippen LogP) is 3.66. The van der Waals surface area contributed by atoms with Crippen LogP contribution in [0.25, 0.3) is 11.3 Å². The number of methoxy groups -OCH3 is 1. The van der Waals surface area contributed by atoms with Gasteiger partial charge in [0.05, 0.1) is 29.8 Å². The molecule has 0 aliphatic carbocycles. The first-order chi connectivity index (χ1) is 13.6. The number of carbonyl (C=O) groups is 2. The molecule has 0 aliphatic heterocycles. The summed E-state index contributed by atoms with van der Waals surface area (Å²) in [4.78, 5) is 31.4. The van der Waals surface area contributed by atoms with Gasteiger partial charge >= 0.3 is 5.97 Å². The van der Waals surface area contributed by atoms with Crippen molar-refractivity contribution >= 4 is 23.6 Å². The molecular weight excluding hydrogens is 374 g/mol. The van der Waals surface area contributed by atoms with Crippen molar-refractivity contribution in [1.82, 2.24) is 15.3 Å². The van der Waals surface area contributed by atoms with Crippen LogP contribution in [-0.4, -0.2) is 34.2 Å². The first kappa shape index (κ1) is 19.7. The van der Waals surface area contributed by atoms with Gasteiger partial charge in [-0.15, -0.1) is 0 Å². The minimum Gasteiger partial charge on any atom is -0.465 e. The van der Waals surface area contributed by atoms with E-state index in [0.717, 1.165) is 16.8 Å². The standard InChI is InChI=1S/C21H21N3O3S/c1-14(28-21-23-13-18(24-21)16-6-4-3-5-7-16)19(25)22-12-15-8-10-17(11-9-15)20(26)27-2/h3-11,13-14H,12H2,1-2H3,(H,22,25)(H,23,24). The quantitative estimate of drug-likeness (QED) is 0.471. The first-order valence-corrected chi connectivity index (χ1v) is 9.67. The molecule has 1 unspecified atom stereocenters. The van der Waals surface area contributed by atoms with Crippen molar-refractivity contribution in [3.63, 3.8) is 0 Å². The SMILES string of the molecule is COC(=O)c1ccc(CNC(=O)C(C)Sc2ncc(-c3ccccc3)[nH]2)cc1. The van der Waals surface area contributed by atoms with Crippen molar-refractivity contribution in [3.8, 4) is 11.3 Å². The molecule has 0 fully saturated rings. The molecule has 144 valence electrons. The number of aromatic nitrogens is 2. The Hall–Kier alpha value is -3.06. The first-order valence-electron chi connectivity index (χ1n) is 8.79. The number of carbonyl (C=O) groups excluding carboxylic acids is 2. The molecule has 0 saturated carbocycles. The highest BCUT2D eigenvalue weighted by Gasteiger charge is 2.16. The van der Waals surface area contributed by atoms with Gasteiger partial charge in [-0.2, -0.15) is 0 Å². The van der Waals surface area contributed by atoms with E-state index in [1.165, 1.54) is 18.9 Å². The Balaban J connectivity index is 1.52. The number of thioether (sulfide) groups is 1. The van der Waals surface area contributed by atoms with Gasteiger partial charge < -0.3 is 15.0 Å². The van der Waals surface area contributed by atoms with Crippen LogP contribution in [0.3, 0.4) is 0 Å².